The van der Waals surface area contributed by atoms with Crippen molar-refractivity contribution in [3.05, 3.63) is 59.2 Å². The van der Waals surface area contributed by atoms with Crippen molar-refractivity contribution in [2.75, 3.05) is 5.32 Å². The molecule has 1 aromatic heterocycles. The molecule has 2 aromatic rings. The topological polar surface area (TPSA) is 98.3 Å². The fourth-order valence-electron chi connectivity index (χ4n) is 1.56. The molecule has 0 unspecified atom stereocenters. The number of anilines is 1. The van der Waals surface area contributed by atoms with E-state index >= 15 is 0 Å². The number of halogens is 1. The lowest BCUT2D eigenvalue weighted by atomic mass is 10.2. The van der Waals surface area contributed by atoms with Crippen LogP contribution in [0, 0.1) is 20.2 Å². The van der Waals surface area contributed by atoms with E-state index in [4.69, 9.17) is 0 Å². The molecule has 2 rings (SSSR count). The molecule has 9 heteroatoms. The highest BCUT2D eigenvalue weighted by Gasteiger charge is 2.19. The Labute approximate surface area is 125 Å². The number of nitrogens with one attached hydrogen (secondary N) is 1. The number of nitrogens with zero attached hydrogens (tertiary/aromatic N) is 2. The Kier molecular flexibility index (Phi) is 4.30. The van der Waals surface area contributed by atoms with E-state index in [0.717, 1.165) is 15.4 Å². The van der Waals surface area contributed by atoms with Gasteiger partial charge >= 0.3 is 0 Å². The van der Waals surface area contributed by atoms with E-state index in [1.54, 1.807) is 0 Å². The van der Waals surface area contributed by atoms with E-state index < -0.39 is 9.85 Å². The zero-order valence-corrected chi connectivity index (χ0v) is 12.3. The first-order valence-electron chi connectivity index (χ1n) is 5.37. The van der Waals surface area contributed by atoms with Crippen LogP contribution in [0.15, 0.2) is 34.1 Å². The van der Waals surface area contributed by atoms with Gasteiger partial charge in [0.15, 0.2) is 0 Å². The first-order chi connectivity index (χ1) is 9.49. The number of hydrogen-bond donors (Lipinski definition) is 1. The number of nitro groups is 2. The molecule has 0 aliphatic heterocycles. The summed E-state index contributed by atoms with van der Waals surface area (Å²) < 4.78 is 0.916. The quantitative estimate of drug-likeness (QED) is 0.645. The number of hydrogen-bond acceptors (Lipinski definition) is 6. The maximum atomic E-state index is 11.0. The average molecular weight is 358 g/mol. The van der Waals surface area contributed by atoms with Gasteiger partial charge in [-0.3, -0.25) is 20.2 Å². The Balaban J connectivity index is 2.25. The van der Waals surface area contributed by atoms with Crippen LogP contribution in [0.1, 0.15) is 4.88 Å². The van der Waals surface area contributed by atoms with E-state index in [-0.39, 0.29) is 17.1 Å². The summed E-state index contributed by atoms with van der Waals surface area (Å²) in [5, 5.41) is 26.4. The van der Waals surface area contributed by atoms with Crippen LogP contribution in [-0.4, -0.2) is 9.85 Å². The maximum absolute atomic E-state index is 11.0. The summed E-state index contributed by atoms with van der Waals surface area (Å²) in [4.78, 5) is 21.3. The van der Waals surface area contributed by atoms with Gasteiger partial charge in [-0.1, -0.05) is 0 Å². The third kappa shape index (κ3) is 3.11. The Morgan fingerprint density at radius 1 is 1.20 bits per heavy atom. The molecule has 0 bridgehead atoms. The van der Waals surface area contributed by atoms with Crippen LogP contribution in [0.25, 0.3) is 0 Å². The molecule has 0 radical (unpaired) electrons. The Bertz CT molecular complexity index is 673. The number of nitro benzene ring substituents is 2. The second kappa shape index (κ2) is 5.97. The fourth-order valence-corrected chi connectivity index (χ4v) is 2.99. The molecular formula is C11H8BrN3O4S. The minimum atomic E-state index is -0.660. The van der Waals surface area contributed by atoms with E-state index in [2.05, 4.69) is 21.2 Å². The van der Waals surface area contributed by atoms with E-state index in [1.807, 2.05) is 11.4 Å². The van der Waals surface area contributed by atoms with Gasteiger partial charge in [0.2, 0.25) is 0 Å². The Morgan fingerprint density at radius 2 is 1.95 bits per heavy atom. The highest BCUT2D eigenvalue weighted by molar-refractivity contribution is 9.10. The smallest absolute Gasteiger partial charge is 0.299 e. The summed E-state index contributed by atoms with van der Waals surface area (Å²) in [7, 11) is 0. The van der Waals surface area contributed by atoms with Crippen LogP contribution in [0.2, 0.25) is 0 Å². The van der Waals surface area contributed by atoms with E-state index in [1.165, 1.54) is 23.5 Å². The van der Waals surface area contributed by atoms with E-state index in [9.17, 15) is 20.2 Å². The fraction of sp³-hybridized carbons (Fsp3) is 0.0909. The number of thiophene rings is 1. The lowest BCUT2D eigenvalue weighted by molar-refractivity contribution is -0.393. The molecule has 0 saturated heterocycles. The third-order valence-electron chi connectivity index (χ3n) is 2.52. The lowest BCUT2D eigenvalue weighted by Crippen LogP contribution is -2.02. The van der Waals surface area contributed by atoms with Gasteiger partial charge in [-0.05, 0) is 33.4 Å². The normalized spacial score (nSPS) is 10.2. The monoisotopic (exact) mass is 357 g/mol. The van der Waals surface area contributed by atoms with Crippen molar-refractivity contribution in [1.29, 1.82) is 0 Å². The lowest BCUT2D eigenvalue weighted by Gasteiger charge is -2.06. The summed E-state index contributed by atoms with van der Waals surface area (Å²) in [6.45, 7) is 0.400. The van der Waals surface area contributed by atoms with Gasteiger partial charge < -0.3 is 5.32 Å². The predicted octanol–water partition coefficient (Wildman–Crippen LogP) is 3.94. The molecule has 0 aliphatic rings. The van der Waals surface area contributed by atoms with Gasteiger partial charge in [-0.15, -0.1) is 11.3 Å². The summed E-state index contributed by atoms with van der Waals surface area (Å²) >= 11 is 4.87. The molecule has 0 fully saturated rings. The van der Waals surface area contributed by atoms with Crippen molar-refractivity contribution in [3.8, 4) is 0 Å². The van der Waals surface area contributed by atoms with Crippen molar-refractivity contribution in [1.82, 2.24) is 0 Å². The van der Waals surface area contributed by atoms with Gasteiger partial charge in [0.05, 0.1) is 22.5 Å². The molecule has 1 N–H and O–H groups in total. The third-order valence-corrected chi connectivity index (χ3v) is 4.45. The average Bonchev–Trinajstić information content (AvgIpc) is 2.81. The summed E-state index contributed by atoms with van der Waals surface area (Å²) in [5.74, 6) is 0. The number of benzene rings is 1. The molecule has 0 spiro atoms. The van der Waals surface area contributed by atoms with E-state index in [0.29, 0.717) is 6.54 Å². The van der Waals surface area contributed by atoms with Gasteiger partial charge in [0, 0.05) is 15.4 Å². The van der Waals surface area contributed by atoms with Crippen LogP contribution in [0.5, 0.6) is 0 Å². The van der Waals surface area contributed by atoms with Gasteiger partial charge in [0.1, 0.15) is 5.69 Å². The first-order valence-corrected chi connectivity index (χ1v) is 7.05. The summed E-state index contributed by atoms with van der Waals surface area (Å²) in [6, 6.07) is 5.41. The van der Waals surface area contributed by atoms with Crippen molar-refractivity contribution in [3.63, 3.8) is 0 Å². The summed E-state index contributed by atoms with van der Waals surface area (Å²) in [5.41, 5.74) is -0.368. The van der Waals surface area contributed by atoms with Gasteiger partial charge in [-0.25, -0.2) is 0 Å². The predicted molar refractivity (Wildman–Crippen MR) is 79.1 cm³/mol. The largest absolute Gasteiger partial charge is 0.375 e. The van der Waals surface area contributed by atoms with Crippen molar-refractivity contribution < 1.29 is 9.85 Å². The zero-order chi connectivity index (χ0) is 14.7. The van der Waals surface area contributed by atoms with Crippen LogP contribution in [-0.2, 0) is 6.54 Å². The van der Waals surface area contributed by atoms with Crippen LogP contribution in [0.3, 0.4) is 0 Å². The first kappa shape index (κ1) is 14.4. The van der Waals surface area contributed by atoms with Crippen molar-refractivity contribution in [2.45, 2.75) is 6.54 Å². The number of rotatable bonds is 5. The molecular weight excluding hydrogens is 350 g/mol. The molecule has 0 aliphatic carbocycles. The molecule has 0 saturated carbocycles. The highest BCUT2D eigenvalue weighted by Crippen LogP contribution is 2.30. The summed E-state index contributed by atoms with van der Waals surface area (Å²) in [6.07, 6.45) is 0. The van der Waals surface area contributed by atoms with Crippen molar-refractivity contribution >= 4 is 44.3 Å². The molecule has 7 nitrogen and oxygen atoms in total. The van der Waals surface area contributed by atoms with Crippen LogP contribution < -0.4 is 5.32 Å². The van der Waals surface area contributed by atoms with Crippen LogP contribution >= 0.6 is 27.3 Å². The second-order valence-electron chi connectivity index (χ2n) is 3.76. The number of non-ortho nitro benzene ring substituents is 1. The zero-order valence-electron chi connectivity index (χ0n) is 9.91. The second-order valence-corrected chi connectivity index (χ2v) is 5.62. The molecule has 20 heavy (non-hydrogen) atoms. The van der Waals surface area contributed by atoms with Crippen molar-refractivity contribution in [2.24, 2.45) is 0 Å². The SMILES string of the molecule is O=[N+]([O-])c1ccc(NCc2sccc2Br)c([N+](=O)[O-])c1. The Morgan fingerprint density at radius 3 is 2.50 bits per heavy atom. The maximum Gasteiger partial charge on any atom is 0.299 e. The standard InChI is InChI=1S/C11H8BrN3O4S/c12-8-3-4-20-11(8)6-13-9-2-1-7(14(16)17)5-10(9)15(18)19/h1-5,13H,6H2. The van der Waals surface area contributed by atoms with Gasteiger partial charge in [-0.2, -0.15) is 0 Å². The van der Waals surface area contributed by atoms with Crippen LogP contribution in [0.4, 0.5) is 17.1 Å². The minimum Gasteiger partial charge on any atom is -0.375 e. The Hall–Kier alpha value is -2.00. The molecule has 1 heterocycles. The molecule has 0 amide bonds. The highest BCUT2D eigenvalue weighted by atomic mass is 79.9. The van der Waals surface area contributed by atoms with Gasteiger partial charge in [0.25, 0.3) is 11.4 Å². The minimum absolute atomic E-state index is 0.251. The molecule has 104 valence electrons. The molecule has 0 atom stereocenters. The molecule has 1 aromatic carbocycles.